The van der Waals surface area contributed by atoms with Crippen LogP contribution in [0.25, 0.3) is 0 Å². The van der Waals surface area contributed by atoms with Crippen LogP contribution in [0.2, 0.25) is 0 Å². The lowest BCUT2D eigenvalue weighted by Gasteiger charge is -2.26. The van der Waals surface area contributed by atoms with E-state index in [1.165, 1.54) is 7.05 Å². The molecular weight excluding hydrogens is 284 g/mol. The molecule has 124 valence electrons. The van der Waals surface area contributed by atoms with Gasteiger partial charge in [0, 0.05) is 20.1 Å². The summed E-state index contributed by atoms with van der Waals surface area (Å²) in [6.45, 7) is 5.19. The van der Waals surface area contributed by atoms with E-state index in [0.717, 1.165) is 5.56 Å². The topological polar surface area (TPSA) is 62.2 Å². The maximum Gasteiger partial charge on any atom is 0.343 e. The molecule has 0 heterocycles. The monoisotopic (exact) mass is 310 g/mol. The highest BCUT2D eigenvalue weighted by molar-refractivity contribution is 5.72. The maximum absolute atomic E-state index is 12.0. The van der Waals surface area contributed by atoms with Crippen LogP contribution < -0.4 is 9.47 Å². The molecule has 0 spiro atoms. The Bertz CT molecular complexity index is 489. The van der Waals surface area contributed by atoms with Gasteiger partial charge in [-0.1, -0.05) is 19.9 Å². The number of hydrogen-bond acceptors (Lipinski definition) is 4. The Morgan fingerprint density at radius 3 is 2.36 bits per heavy atom. The fourth-order valence-electron chi connectivity index (χ4n) is 2.21. The number of urea groups is 1. The van der Waals surface area contributed by atoms with E-state index in [4.69, 9.17) is 9.47 Å². The number of ether oxygens (including phenoxy) is 2. The number of hydroxylamine groups is 2. The number of amides is 2. The Morgan fingerprint density at radius 1 is 1.23 bits per heavy atom. The number of carbonyl (C=O) groups is 1. The third-order valence-electron chi connectivity index (χ3n) is 3.25. The summed E-state index contributed by atoms with van der Waals surface area (Å²) >= 11 is 0. The minimum absolute atomic E-state index is 0.328. The van der Waals surface area contributed by atoms with Gasteiger partial charge >= 0.3 is 6.03 Å². The molecule has 0 bridgehead atoms. The molecule has 0 atom stereocenters. The van der Waals surface area contributed by atoms with E-state index in [-0.39, 0.29) is 0 Å². The van der Waals surface area contributed by atoms with Gasteiger partial charge in [-0.2, -0.15) is 0 Å². The molecule has 1 rings (SSSR count). The number of hydrogen-bond donors (Lipinski definition) is 1. The van der Waals surface area contributed by atoms with E-state index in [1.807, 2.05) is 32.0 Å². The SMILES string of the molecule is COc1ccc(CCN(CC(C)C)C(=O)N(C)O)cc1OC. The van der Waals surface area contributed by atoms with Gasteiger partial charge < -0.3 is 14.4 Å². The minimum Gasteiger partial charge on any atom is -0.493 e. The Hall–Kier alpha value is -1.95. The van der Waals surface area contributed by atoms with Gasteiger partial charge in [-0.15, -0.1) is 0 Å². The molecule has 22 heavy (non-hydrogen) atoms. The van der Waals surface area contributed by atoms with Gasteiger partial charge in [-0.3, -0.25) is 5.21 Å². The highest BCUT2D eigenvalue weighted by Gasteiger charge is 2.18. The number of carbonyl (C=O) groups excluding carboxylic acids is 1. The fraction of sp³-hybridized carbons (Fsp3) is 0.562. The summed E-state index contributed by atoms with van der Waals surface area (Å²) in [5.74, 6) is 1.67. The van der Waals surface area contributed by atoms with Crippen LogP contribution in [0.1, 0.15) is 19.4 Å². The smallest absolute Gasteiger partial charge is 0.343 e. The Morgan fingerprint density at radius 2 is 1.86 bits per heavy atom. The van der Waals surface area contributed by atoms with Crippen LogP contribution >= 0.6 is 0 Å². The highest BCUT2D eigenvalue weighted by Crippen LogP contribution is 2.27. The zero-order valence-electron chi connectivity index (χ0n) is 14.0. The van der Waals surface area contributed by atoms with Gasteiger partial charge in [0.25, 0.3) is 0 Å². The van der Waals surface area contributed by atoms with Crippen molar-refractivity contribution in [2.45, 2.75) is 20.3 Å². The van der Waals surface area contributed by atoms with Crippen LogP contribution in [0, 0.1) is 5.92 Å². The lowest BCUT2D eigenvalue weighted by molar-refractivity contribution is -0.0344. The first-order valence-corrected chi connectivity index (χ1v) is 7.31. The largest absolute Gasteiger partial charge is 0.493 e. The van der Waals surface area contributed by atoms with Crippen LogP contribution in [0.15, 0.2) is 18.2 Å². The van der Waals surface area contributed by atoms with Gasteiger partial charge in [0.05, 0.1) is 14.2 Å². The van der Waals surface area contributed by atoms with Crippen LogP contribution in [0.5, 0.6) is 11.5 Å². The molecular formula is C16H26N2O4. The van der Waals surface area contributed by atoms with Crippen molar-refractivity contribution in [3.05, 3.63) is 23.8 Å². The van der Waals surface area contributed by atoms with Crippen LogP contribution in [-0.4, -0.2) is 55.6 Å². The fourth-order valence-corrected chi connectivity index (χ4v) is 2.21. The van der Waals surface area contributed by atoms with E-state index in [0.29, 0.717) is 42.0 Å². The number of nitrogens with zero attached hydrogens (tertiary/aromatic N) is 2. The quantitative estimate of drug-likeness (QED) is 0.621. The van der Waals surface area contributed by atoms with Crippen LogP contribution in [-0.2, 0) is 6.42 Å². The van der Waals surface area contributed by atoms with E-state index in [9.17, 15) is 10.0 Å². The number of benzene rings is 1. The summed E-state index contributed by atoms with van der Waals surface area (Å²) in [5.41, 5.74) is 1.04. The third kappa shape index (κ3) is 5.11. The predicted molar refractivity (Wildman–Crippen MR) is 84.6 cm³/mol. The zero-order valence-corrected chi connectivity index (χ0v) is 14.0. The summed E-state index contributed by atoms with van der Waals surface area (Å²) < 4.78 is 10.5. The summed E-state index contributed by atoms with van der Waals surface area (Å²) in [6, 6.07) is 5.30. The van der Waals surface area contributed by atoms with Gasteiger partial charge in [0.2, 0.25) is 0 Å². The second-order valence-corrected chi connectivity index (χ2v) is 5.59. The van der Waals surface area contributed by atoms with E-state index in [1.54, 1.807) is 19.1 Å². The lowest BCUT2D eigenvalue weighted by atomic mass is 10.1. The van der Waals surface area contributed by atoms with E-state index < -0.39 is 6.03 Å². The van der Waals surface area contributed by atoms with E-state index >= 15 is 0 Å². The summed E-state index contributed by atoms with van der Waals surface area (Å²) in [7, 11) is 4.53. The van der Waals surface area contributed by atoms with Crippen LogP contribution in [0.4, 0.5) is 4.79 Å². The van der Waals surface area contributed by atoms with Crippen molar-refractivity contribution in [3.63, 3.8) is 0 Å². The van der Waals surface area contributed by atoms with Crippen molar-refractivity contribution in [1.82, 2.24) is 9.96 Å². The average Bonchev–Trinajstić information content (AvgIpc) is 2.49. The second-order valence-electron chi connectivity index (χ2n) is 5.59. The standard InChI is InChI=1S/C16H26N2O4/c1-12(2)11-18(16(19)17(3)20)9-8-13-6-7-14(21-4)15(10-13)22-5/h6-7,10,12,20H,8-9,11H2,1-5H3. The Kier molecular flexibility index (Phi) is 6.98. The van der Waals surface area contributed by atoms with Gasteiger partial charge in [0.1, 0.15) is 0 Å². The molecule has 0 aromatic heterocycles. The van der Waals surface area contributed by atoms with E-state index in [2.05, 4.69) is 0 Å². The average molecular weight is 310 g/mol. The molecule has 6 nitrogen and oxygen atoms in total. The molecule has 0 fully saturated rings. The third-order valence-corrected chi connectivity index (χ3v) is 3.25. The van der Waals surface area contributed by atoms with Gasteiger partial charge in [-0.05, 0) is 30.0 Å². The van der Waals surface area contributed by atoms with Crippen molar-refractivity contribution in [2.24, 2.45) is 5.92 Å². The highest BCUT2D eigenvalue weighted by atomic mass is 16.5. The molecule has 0 aliphatic rings. The van der Waals surface area contributed by atoms with Gasteiger partial charge in [0.15, 0.2) is 11.5 Å². The molecule has 1 aromatic carbocycles. The van der Waals surface area contributed by atoms with Crippen LogP contribution in [0.3, 0.4) is 0 Å². The van der Waals surface area contributed by atoms with Crippen molar-refractivity contribution >= 4 is 6.03 Å². The van der Waals surface area contributed by atoms with Gasteiger partial charge in [-0.25, -0.2) is 9.86 Å². The molecule has 0 radical (unpaired) electrons. The molecule has 0 aliphatic carbocycles. The second kappa shape index (κ2) is 8.48. The van der Waals surface area contributed by atoms with Crippen molar-refractivity contribution in [2.75, 3.05) is 34.4 Å². The first-order chi connectivity index (χ1) is 10.4. The molecule has 0 saturated heterocycles. The molecule has 0 aliphatic heterocycles. The lowest BCUT2D eigenvalue weighted by Crippen LogP contribution is -2.42. The molecule has 0 unspecified atom stereocenters. The maximum atomic E-state index is 12.0. The first-order valence-electron chi connectivity index (χ1n) is 7.31. The summed E-state index contributed by atoms with van der Waals surface area (Å²) in [4.78, 5) is 13.6. The summed E-state index contributed by atoms with van der Waals surface area (Å²) in [6.07, 6.45) is 0.673. The first kappa shape index (κ1) is 18.1. The molecule has 2 amide bonds. The number of methoxy groups -OCH3 is 2. The Labute approximate surface area is 132 Å². The summed E-state index contributed by atoms with van der Waals surface area (Å²) in [5, 5.41) is 9.98. The van der Waals surface area contributed by atoms with Crippen molar-refractivity contribution in [3.8, 4) is 11.5 Å². The molecule has 0 saturated carbocycles. The Balaban J connectivity index is 2.77. The minimum atomic E-state index is -0.394. The molecule has 1 N–H and O–H groups in total. The van der Waals surface area contributed by atoms with Crippen molar-refractivity contribution in [1.29, 1.82) is 0 Å². The normalized spacial score (nSPS) is 10.5. The predicted octanol–water partition coefficient (Wildman–Crippen LogP) is 2.65. The zero-order chi connectivity index (χ0) is 16.7. The molecule has 1 aromatic rings. The van der Waals surface area contributed by atoms with Crippen molar-refractivity contribution < 1.29 is 19.5 Å². The number of rotatable bonds is 7. The molecule has 6 heteroatoms.